The van der Waals surface area contributed by atoms with Crippen LogP contribution < -0.4 is 4.72 Å². The third-order valence-corrected chi connectivity index (χ3v) is 4.63. The number of morpholine rings is 1. The maximum Gasteiger partial charge on any atom is 0.240 e. The van der Waals surface area contributed by atoms with Gasteiger partial charge < -0.3 is 4.74 Å². The molecule has 0 saturated carbocycles. The molecule has 0 atom stereocenters. The molecule has 0 bridgehead atoms. The minimum atomic E-state index is -3.88. The van der Waals surface area contributed by atoms with Crippen molar-refractivity contribution in [3.8, 4) is 0 Å². The number of benzene rings is 1. The highest BCUT2D eigenvalue weighted by Crippen LogP contribution is 2.13. The second-order valence-corrected chi connectivity index (χ2v) is 6.58. The highest BCUT2D eigenvalue weighted by Gasteiger charge is 2.16. The third-order valence-electron chi connectivity index (χ3n) is 3.19. The molecule has 0 aromatic heterocycles. The summed E-state index contributed by atoms with van der Waals surface area (Å²) >= 11 is 0. The maximum absolute atomic E-state index is 13.0. The minimum absolute atomic E-state index is 0.220. The van der Waals surface area contributed by atoms with Crippen molar-refractivity contribution in [3.63, 3.8) is 0 Å². The summed E-state index contributed by atoms with van der Waals surface area (Å²) in [5.41, 5.74) is 0. The van der Waals surface area contributed by atoms with Crippen LogP contribution in [0.25, 0.3) is 0 Å². The van der Waals surface area contributed by atoms with E-state index < -0.39 is 26.6 Å². The summed E-state index contributed by atoms with van der Waals surface area (Å²) in [5, 5.41) is 0. The molecule has 8 heteroatoms. The first-order valence-corrected chi connectivity index (χ1v) is 8.21. The van der Waals surface area contributed by atoms with Gasteiger partial charge in [0.2, 0.25) is 10.0 Å². The summed E-state index contributed by atoms with van der Waals surface area (Å²) in [6.07, 6.45) is 0.622. The number of nitrogens with one attached hydrogen (secondary N) is 1. The van der Waals surface area contributed by atoms with E-state index in [1.54, 1.807) is 0 Å². The summed E-state index contributed by atoms with van der Waals surface area (Å²) in [5.74, 6) is -1.83. The average molecular weight is 320 g/mol. The van der Waals surface area contributed by atoms with Gasteiger partial charge in [-0.25, -0.2) is 21.9 Å². The molecule has 0 radical (unpaired) electrons. The smallest absolute Gasteiger partial charge is 0.240 e. The summed E-state index contributed by atoms with van der Waals surface area (Å²) in [7, 11) is -3.88. The summed E-state index contributed by atoms with van der Waals surface area (Å²) in [6.45, 7) is 4.02. The maximum atomic E-state index is 13.0. The molecule has 1 aliphatic heterocycles. The Morgan fingerprint density at radius 1 is 1.14 bits per heavy atom. The fraction of sp³-hybridized carbons (Fsp3) is 0.538. The van der Waals surface area contributed by atoms with Crippen molar-refractivity contribution >= 4 is 10.0 Å². The van der Waals surface area contributed by atoms with Gasteiger partial charge >= 0.3 is 0 Å². The number of nitrogens with zero attached hydrogens (tertiary/aromatic N) is 1. The van der Waals surface area contributed by atoms with E-state index in [-0.39, 0.29) is 6.54 Å². The number of sulfonamides is 1. The molecule has 1 aromatic carbocycles. The molecule has 1 fully saturated rings. The van der Waals surface area contributed by atoms with Crippen molar-refractivity contribution in [2.75, 3.05) is 39.4 Å². The molecule has 0 spiro atoms. The third kappa shape index (κ3) is 4.99. The van der Waals surface area contributed by atoms with Crippen LogP contribution in [0.2, 0.25) is 0 Å². The Bertz CT molecular complexity index is 555. The Morgan fingerprint density at radius 2 is 1.76 bits per heavy atom. The Balaban J connectivity index is 1.83. The van der Waals surface area contributed by atoms with Crippen molar-refractivity contribution < 1.29 is 21.9 Å². The van der Waals surface area contributed by atoms with Crippen LogP contribution in [-0.2, 0) is 14.8 Å². The van der Waals surface area contributed by atoms with Crippen LogP contribution in [0.3, 0.4) is 0 Å². The monoisotopic (exact) mass is 320 g/mol. The number of hydrogen-bond acceptors (Lipinski definition) is 4. The van der Waals surface area contributed by atoms with Gasteiger partial charge in [-0.3, -0.25) is 4.90 Å². The number of rotatable bonds is 6. The lowest BCUT2D eigenvalue weighted by molar-refractivity contribution is 0.0376. The van der Waals surface area contributed by atoms with Crippen LogP contribution in [0.15, 0.2) is 23.1 Å². The van der Waals surface area contributed by atoms with Crippen LogP contribution in [0.1, 0.15) is 6.42 Å². The van der Waals surface area contributed by atoms with E-state index in [1.165, 1.54) is 0 Å². The molecule has 0 unspecified atom stereocenters. The lowest BCUT2D eigenvalue weighted by atomic mass is 10.3. The van der Waals surface area contributed by atoms with Crippen LogP contribution >= 0.6 is 0 Å². The minimum Gasteiger partial charge on any atom is -0.379 e. The van der Waals surface area contributed by atoms with E-state index in [4.69, 9.17) is 4.74 Å². The van der Waals surface area contributed by atoms with E-state index in [0.29, 0.717) is 25.7 Å². The standard InChI is InChI=1S/C13H18F2N2O3S/c14-11-8-12(15)10-13(9-11)21(18,19)16-2-1-3-17-4-6-20-7-5-17/h8-10,16H,1-7H2. The largest absolute Gasteiger partial charge is 0.379 e. The first-order chi connectivity index (χ1) is 9.97. The first-order valence-electron chi connectivity index (χ1n) is 6.73. The Morgan fingerprint density at radius 3 is 2.38 bits per heavy atom. The van der Waals surface area contributed by atoms with Gasteiger partial charge in [-0.2, -0.15) is 0 Å². The van der Waals surface area contributed by atoms with E-state index in [2.05, 4.69) is 9.62 Å². The summed E-state index contributed by atoms with van der Waals surface area (Å²) in [4.78, 5) is 1.78. The van der Waals surface area contributed by atoms with Gasteiger partial charge in [-0.15, -0.1) is 0 Å². The Kier molecular flexibility index (Phi) is 5.63. The van der Waals surface area contributed by atoms with Gasteiger partial charge in [0, 0.05) is 25.7 Å². The zero-order chi connectivity index (χ0) is 15.3. The van der Waals surface area contributed by atoms with Crippen molar-refractivity contribution in [1.29, 1.82) is 0 Å². The molecule has 0 amide bonds. The van der Waals surface area contributed by atoms with E-state index >= 15 is 0 Å². The van der Waals surface area contributed by atoms with Gasteiger partial charge in [0.1, 0.15) is 11.6 Å². The van der Waals surface area contributed by atoms with Gasteiger partial charge in [0.25, 0.3) is 0 Å². The highest BCUT2D eigenvalue weighted by atomic mass is 32.2. The zero-order valence-electron chi connectivity index (χ0n) is 11.5. The molecular formula is C13H18F2N2O3S. The molecule has 1 aromatic rings. The fourth-order valence-electron chi connectivity index (χ4n) is 2.10. The molecular weight excluding hydrogens is 302 g/mol. The van der Waals surface area contributed by atoms with Gasteiger partial charge in [-0.05, 0) is 25.1 Å². The molecule has 1 saturated heterocycles. The SMILES string of the molecule is O=S(=O)(NCCCN1CCOCC1)c1cc(F)cc(F)c1. The topological polar surface area (TPSA) is 58.6 Å². The van der Waals surface area contributed by atoms with Crippen molar-refractivity contribution in [2.24, 2.45) is 0 Å². The Hall–Kier alpha value is -1.09. The summed E-state index contributed by atoms with van der Waals surface area (Å²) in [6, 6.07) is 2.23. The lowest BCUT2D eigenvalue weighted by Crippen LogP contribution is -2.38. The quantitative estimate of drug-likeness (QED) is 0.794. The van der Waals surface area contributed by atoms with Gasteiger partial charge in [0.15, 0.2) is 0 Å². The first kappa shape index (κ1) is 16.3. The highest BCUT2D eigenvalue weighted by molar-refractivity contribution is 7.89. The zero-order valence-corrected chi connectivity index (χ0v) is 12.3. The van der Waals surface area contributed by atoms with Crippen molar-refractivity contribution in [1.82, 2.24) is 9.62 Å². The molecule has 118 valence electrons. The van der Waals surface area contributed by atoms with E-state index in [9.17, 15) is 17.2 Å². The van der Waals surface area contributed by atoms with E-state index in [1.807, 2.05) is 0 Å². The fourth-order valence-corrected chi connectivity index (χ4v) is 3.22. The van der Waals surface area contributed by atoms with Gasteiger partial charge in [0.05, 0.1) is 18.1 Å². The second-order valence-electron chi connectivity index (χ2n) is 4.81. The van der Waals surface area contributed by atoms with Gasteiger partial charge in [-0.1, -0.05) is 0 Å². The normalized spacial score (nSPS) is 17.0. The van der Waals surface area contributed by atoms with Crippen molar-refractivity contribution in [2.45, 2.75) is 11.3 Å². The van der Waals surface area contributed by atoms with Crippen LogP contribution in [0.4, 0.5) is 8.78 Å². The van der Waals surface area contributed by atoms with Crippen LogP contribution in [0, 0.1) is 11.6 Å². The Labute approximate surface area is 122 Å². The number of ether oxygens (including phenoxy) is 1. The van der Waals surface area contributed by atoms with Crippen LogP contribution in [0.5, 0.6) is 0 Å². The average Bonchev–Trinajstić information content (AvgIpc) is 2.44. The predicted molar refractivity (Wildman–Crippen MR) is 73.4 cm³/mol. The molecule has 0 aliphatic carbocycles. The molecule has 2 rings (SSSR count). The number of hydrogen-bond donors (Lipinski definition) is 1. The molecule has 1 heterocycles. The summed E-state index contributed by atoms with van der Waals surface area (Å²) < 4.78 is 57.5. The number of halogens is 2. The predicted octanol–water partition coefficient (Wildman–Crippen LogP) is 0.965. The van der Waals surface area contributed by atoms with Crippen molar-refractivity contribution in [3.05, 3.63) is 29.8 Å². The van der Waals surface area contributed by atoms with E-state index in [0.717, 1.165) is 31.8 Å². The molecule has 1 aliphatic rings. The molecule has 21 heavy (non-hydrogen) atoms. The second kappa shape index (κ2) is 7.26. The molecule has 1 N–H and O–H groups in total. The molecule has 5 nitrogen and oxygen atoms in total. The van der Waals surface area contributed by atoms with Crippen LogP contribution in [-0.4, -0.2) is 52.7 Å². The lowest BCUT2D eigenvalue weighted by Gasteiger charge is -2.26.